The Labute approximate surface area is 99.2 Å². The molecule has 0 aromatic heterocycles. The van der Waals surface area contributed by atoms with Crippen LogP contribution < -0.4 is 0 Å². The molecule has 2 amide bonds. The summed E-state index contributed by atoms with van der Waals surface area (Å²) in [6, 6.07) is -1.45. The molecular formula is C11H17NO5. The van der Waals surface area contributed by atoms with Crippen molar-refractivity contribution in [2.24, 2.45) is 11.8 Å². The van der Waals surface area contributed by atoms with Gasteiger partial charge in [-0.2, -0.15) is 0 Å². The number of rotatable bonds is 5. The van der Waals surface area contributed by atoms with Gasteiger partial charge < -0.3 is 10.2 Å². The number of carbonyl (C=O) groups is 3. The van der Waals surface area contributed by atoms with Gasteiger partial charge in [-0.25, -0.2) is 4.79 Å². The summed E-state index contributed by atoms with van der Waals surface area (Å²) in [6.45, 7) is 3.11. The molecule has 1 saturated heterocycles. The Balaban J connectivity index is 2.84. The lowest BCUT2D eigenvalue weighted by atomic mass is 9.96. The average molecular weight is 243 g/mol. The number of nitrogens with zero attached hydrogens (tertiary/aromatic N) is 1. The molecule has 0 unspecified atom stereocenters. The van der Waals surface area contributed by atoms with Crippen LogP contribution in [0.3, 0.4) is 0 Å². The number of hydrogen-bond acceptors (Lipinski definition) is 4. The predicted molar refractivity (Wildman–Crippen MR) is 57.9 cm³/mol. The van der Waals surface area contributed by atoms with E-state index in [0.717, 1.165) is 0 Å². The van der Waals surface area contributed by atoms with Gasteiger partial charge in [0, 0.05) is 12.3 Å². The second kappa shape index (κ2) is 5.27. The van der Waals surface area contributed by atoms with E-state index in [1.807, 2.05) is 13.8 Å². The Morgan fingerprint density at radius 1 is 1.47 bits per heavy atom. The molecule has 0 bridgehead atoms. The molecule has 1 fully saturated rings. The molecule has 0 saturated carbocycles. The number of carboxylic acids is 1. The van der Waals surface area contributed by atoms with Gasteiger partial charge in [-0.3, -0.25) is 14.5 Å². The third kappa shape index (κ3) is 2.82. The van der Waals surface area contributed by atoms with Gasteiger partial charge in [0.25, 0.3) is 0 Å². The Kier molecular flexibility index (Phi) is 4.22. The number of imide groups is 1. The monoisotopic (exact) mass is 243 g/mol. The van der Waals surface area contributed by atoms with Crippen LogP contribution in [0.4, 0.5) is 0 Å². The van der Waals surface area contributed by atoms with Crippen LogP contribution in [0.2, 0.25) is 0 Å². The van der Waals surface area contributed by atoms with E-state index in [1.54, 1.807) is 0 Å². The van der Waals surface area contributed by atoms with Crippen LogP contribution in [-0.4, -0.2) is 45.5 Å². The third-order valence-electron chi connectivity index (χ3n) is 2.80. The molecule has 2 N–H and O–H groups in total. The minimum Gasteiger partial charge on any atom is -0.480 e. The van der Waals surface area contributed by atoms with E-state index >= 15 is 0 Å². The fraction of sp³-hybridized carbons (Fsp3) is 0.727. The fourth-order valence-corrected chi connectivity index (χ4v) is 2.07. The standard InChI is InChI=1S/C11H17NO5/c1-6(2)3-7-4-9(14)12(10(7)15)8(5-13)11(16)17/h6-8,13H,3-5H2,1-2H3,(H,16,17)/t7-,8-/m0/s1. The summed E-state index contributed by atoms with van der Waals surface area (Å²) in [5, 5.41) is 17.8. The molecule has 2 atom stereocenters. The van der Waals surface area contributed by atoms with Crippen LogP contribution in [-0.2, 0) is 14.4 Å². The summed E-state index contributed by atoms with van der Waals surface area (Å²) >= 11 is 0. The van der Waals surface area contributed by atoms with Crippen molar-refractivity contribution in [3.63, 3.8) is 0 Å². The first-order valence-electron chi connectivity index (χ1n) is 5.58. The maximum Gasteiger partial charge on any atom is 0.329 e. The minimum absolute atomic E-state index is 0.0425. The lowest BCUT2D eigenvalue weighted by molar-refractivity contribution is -0.156. The van der Waals surface area contributed by atoms with Crippen LogP contribution in [0.5, 0.6) is 0 Å². The van der Waals surface area contributed by atoms with Gasteiger partial charge in [-0.1, -0.05) is 13.8 Å². The molecule has 1 heterocycles. The van der Waals surface area contributed by atoms with Gasteiger partial charge in [0.2, 0.25) is 11.8 Å². The van der Waals surface area contributed by atoms with E-state index < -0.39 is 36.4 Å². The molecule has 6 heteroatoms. The summed E-state index contributed by atoms with van der Waals surface area (Å²) in [6.07, 6.45) is 0.597. The van der Waals surface area contributed by atoms with Crippen molar-refractivity contribution < 1.29 is 24.6 Å². The Morgan fingerprint density at radius 3 is 2.47 bits per heavy atom. The van der Waals surface area contributed by atoms with E-state index in [-0.39, 0.29) is 12.3 Å². The molecule has 0 aromatic carbocycles. The quantitative estimate of drug-likeness (QED) is 0.655. The van der Waals surface area contributed by atoms with E-state index in [4.69, 9.17) is 10.2 Å². The molecule has 1 aliphatic heterocycles. The van der Waals surface area contributed by atoms with E-state index in [9.17, 15) is 14.4 Å². The highest BCUT2D eigenvalue weighted by Crippen LogP contribution is 2.27. The predicted octanol–water partition coefficient (Wildman–Crippen LogP) is -0.147. The van der Waals surface area contributed by atoms with Crippen molar-refractivity contribution in [2.45, 2.75) is 32.7 Å². The SMILES string of the molecule is CC(C)C[C@H]1CC(=O)N([C@@H](CO)C(=O)O)C1=O. The molecule has 17 heavy (non-hydrogen) atoms. The second-order valence-corrected chi connectivity index (χ2v) is 4.67. The zero-order valence-corrected chi connectivity index (χ0v) is 9.92. The van der Waals surface area contributed by atoms with Crippen LogP contribution in [0.15, 0.2) is 0 Å². The number of carbonyl (C=O) groups excluding carboxylic acids is 2. The van der Waals surface area contributed by atoms with E-state index in [0.29, 0.717) is 11.3 Å². The zero-order valence-electron chi connectivity index (χ0n) is 9.92. The lowest BCUT2D eigenvalue weighted by Gasteiger charge is -2.21. The summed E-state index contributed by atoms with van der Waals surface area (Å²) < 4.78 is 0. The first-order chi connectivity index (χ1) is 7.88. The van der Waals surface area contributed by atoms with Crippen molar-refractivity contribution >= 4 is 17.8 Å². The van der Waals surface area contributed by atoms with E-state index in [2.05, 4.69) is 0 Å². The lowest BCUT2D eigenvalue weighted by Crippen LogP contribution is -2.47. The van der Waals surface area contributed by atoms with E-state index in [1.165, 1.54) is 0 Å². The van der Waals surface area contributed by atoms with Crippen molar-refractivity contribution in [2.75, 3.05) is 6.61 Å². The van der Waals surface area contributed by atoms with Gasteiger partial charge in [-0.15, -0.1) is 0 Å². The number of aliphatic carboxylic acids is 1. The third-order valence-corrected chi connectivity index (χ3v) is 2.80. The number of aliphatic hydroxyl groups excluding tert-OH is 1. The summed E-state index contributed by atoms with van der Waals surface area (Å²) in [7, 11) is 0. The summed E-state index contributed by atoms with van der Waals surface area (Å²) in [4.78, 5) is 35.0. The Morgan fingerprint density at radius 2 is 2.06 bits per heavy atom. The highest BCUT2D eigenvalue weighted by molar-refractivity contribution is 6.06. The van der Waals surface area contributed by atoms with Gasteiger partial charge in [-0.05, 0) is 12.3 Å². The molecule has 0 aromatic rings. The molecular weight excluding hydrogens is 226 g/mol. The maximum absolute atomic E-state index is 11.9. The molecule has 0 radical (unpaired) electrons. The van der Waals surface area contributed by atoms with Crippen molar-refractivity contribution in [1.29, 1.82) is 0 Å². The Hall–Kier alpha value is -1.43. The topological polar surface area (TPSA) is 94.9 Å². The second-order valence-electron chi connectivity index (χ2n) is 4.67. The number of carboxylic acid groups (broad SMARTS) is 1. The van der Waals surface area contributed by atoms with Gasteiger partial charge in [0.05, 0.1) is 6.61 Å². The van der Waals surface area contributed by atoms with Gasteiger partial charge in [0.1, 0.15) is 0 Å². The van der Waals surface area contributed by atoms with Crippen LogP contribution in [0.1, 0.15) is 26.7 Å². The van der Waals surface area contributed by atoms with Gasteiger partial charge >= 0.3 is 5.97 Å². The molecule has 6 nitrogen and oxygen atoms in total. The highest BCUT2D eigenvalue weighted by atomic mass is 16.4. The average Bonchev–Trinajstić information content (AvgIpc) is 2.45. The summed E-state index contributed by atoms with van der Waals surface area (Å²) in [5.41, 5.74) is 0. The van der Waals surface area contributed by atoms with Crippen LogP contribution in [0.25, 0.3) is 0 Å². The van der Waals surface area contributed by atoms with Crippen LogP contribution >= 0.6 is 0 Å². The highest BCUT2D eigenvalue weighted by Gasteiger charge is 2.44. The number of hydrogen-bond donors (Lipinski definition) is 2. The largest absolute Gasteiger partial charge is 0.480 e. The molecule has 96 valence electrons. The molecule has 1 rings (SSSR count). The number of likely N-dealkylation sites (tertiary alicyclic amines) is 1. The normalized spacial score (nSPS) is 22.4. The smallest absolute Gasteiger partial charge is 0.329 e. The minimum atomic E-state index is -1.45. The van der Waals surface area contributed by atoms with Crippen molar-refractivity contribution in [3.05, 3.63) is 0 Å². The first-order valence-corrected chi connectivity index (χ1v) is 5.58. The maximum atomic E-state index is 11.9. The van der Waals surface area contributed by atoms with Crippen LogP contribution in [0, 0.1) is 11.8 Å². The zero-order chi connectivity index (χ0) is 13.2. The number of aliphatic hydroxyl groups is 1. The molecule has 0 spiro atoms. The fourth-order valence-electron chi connectivity index (χ4n) is 2.07. The van der Waals surface area contributed by atoms with Gasteiger partial charge in [0.15, 0.2) is 6.04 Å². The van der Waals surface area contributed by atoms with Crippen molar-refractivity contribution in [1.82, 2.24) is 4.90 Å². The number of amides is 2. The Bertz CT molecular complexity index is 339. The first kappa shape index (κ1) is 13.6. The molecule has 0 aliphatic carbocycles. The summed E-state index contributed by atoms with van der Waals surface area (Å²) in [5.74, 6) is -2.54. The van der Waals surface area contributed by atoms with Crippen molar-refractivity contribution in [3.8, 4) is 0 Å². The molecule has 1 aliphatic rings.